The maximum atomic E-state index is 12.8. The second-order valence-corrected chi connectivity index (χ2v) is 23.4. The SMILES string of the molecule is CCCCCCCCCCCC(=O)OC(CCCCCCCC)CCCCCCCCC(=O)OCCCCCCCCOC(=O)CCCCCCCC(CCCCCCCCC)OC(=O)CCCCCCCCCCC. The number of hydrogen-bond donors (Lipinski definition) is 0. The van der Waals surface area contributed by atoms with E-state index in [-0.39, 0.29) is 36.1 Å². The smallest absolute Gasteiger partial charge is 0.306 e. The summed E-state index contributed by atoms with van der Waals surface area (Å²) in [5.41, 5.74) is 0. The normalized spacial score (nSPS) is 12.2. The molecule has 0 amide bonds. The van der Waals surface area contributed by atoms with Crippen molar-refractivity contribution < 1.29 is 38.1 Å². The molecule has 0 saturated carbocycles. The van der Waals surface area contributed by atoms with E-state index in [1.165, 1.54) is 161 Å². The van der Waals surface area contributed by atoms with Crippen LogP contribution in [0.1, 0.15) is 387 Å². The average Bonchev–Trinajstić information content (AvgIpc) is 3.41. The first-order chi connectivity index (χ1) is 37.4. The fourth-order valence-corrected chi connectivity index (χ4v) is 10.6. The highest BCUT2D eigenvalue weighted by Crippen LogP contribution is 2.21. The molecule has 2 unspecified atom stereocenters. The first-order valence-corrected chi connectivity index (χ1v) is 34.1. The van der Waals surface area contributed by atoms with E-state index in [9.17, 15) is 19.2 Å². The van der Waals surface area contributed by atoms with Gasteiger partial charge in [-0.2, -0.15) is 0 Å². The molecule has 8 nitrogen and oxygen atoms in total. The second-order valence-electron chi connectivity index (χ2n) is 23.4. The van der Waals surface area contributed by atoms with Crippen molar-refractivity contribution >= 4 is 23.9 Å². The lowest BCUT2D eigenvalue weighted by Gasteiger charge is -2.18. The number of rotatable bonds is 63. The molecule has 0 N–H and O–H groups in total. The van der Waals surface area contributed by atoms with Crippen molar-refractivity contribution in [3.8, 4) is 0 Å². The van der Waals surface area contributed by atoms with Gasteiger partial charge < -0.3 is 18.9 Å². The predicted octanol–water partition coefficient (Wildman–Crippen LogP) is 21.8. The van der Waals surface area contributed by atoms with Gasteiger partial charge in [-0.15, -0.1) is 0 Å². The minimum Gasteiger partial charge on any atom is -0.466 e. The summed E-state index contributed by atoms with van der Waals surface area (Å²) < 4.78 is 23.1. The summed E-state index contributed by atoms with van der Waals surface area (Å²) in [6.45, 7) is 10.1. The molecule has 0 aliphatic rings. The first-order valence-electron chi connectivity index (χ1n) is 34.1. The molecular weight excluding hydrogens is 945 g/mol. The molecule has 0 spiro atoms. The summed E-state index contributed by atoms with van der Waals surface area (Å²) in [6, 6.07) is 0. The van der Waals surface area contributed by atoms with Gasteiger partial charge in [-0.3, -0.25) is 19.2 Å². The van der Waals surface area contributed by atoms with Gasteiger partial charge in [-0.05, 0) is 89.9 Å². The number of unbranched alkanes of at least 4 members (excludes halogenated alkanes) is 41. The second kappa shape index (κ2) is 62.1. The number of esters is 4. The van der Waals surface area contributed by atoms with Crippen molar-refractivity contribution in [1.29, 1.82) is 0 Å². The molecule has 0 heterocycles. The largest absolute Gasteiger partial charge is 0.466 e. The molecule has 0 aliphatic heterocycles. The van der Waals surface area contributed by atoms with Crippen molar-refractivity contribution in [2.24, 2.45) is 0 Å². The summed E-state index contributed by atoms with van der Waals surface area (Å²) in [5, 5.41) is 0. The maximum absolute atomic E-state index is 12.8. The summed E-state index contributed by atoms with van der Waals surface area (Å²) in [5.74, 6) is -0.131. The zero-order valence-corrected chi connectivity index (χ0v) is 51.4. The lowest BCUT2D eigenvalue weighted by Crippen LogP contribution is -2.18. The fourth-order valence-electron chi connectivity index (χ4n) is 10.6. The van der Waals surface area contributed by atoms with Gasteiger partial charge in [0.2, 0.25) is 0 Å². The monoisotopic (exact) mass is 1070 g/mol. The van der Waals surface area contributed by atoms with Gasteiger partial charge >= 0.3 is 23.9 Å². The average molecular weight is 1080 g/mol. The summed E-state index contributed by atoms with van der Waals surface area (Å²) >= 11 is 0. The van der Waals surface area contributed by atoms with Crippen LogP contribution >= 0.6 is 0 Å². The van der Waals surface area contributed by atoms with Gasteiger partial charge in [-0.25, -0.2) is 0 Å². The van der Waals surface area contributed by atoms with Crippen LogP contribution in [0.5, 0.6) is 0 Å². The highest BCUT2D eigenvalue weighted by molar-refractivity contribution is 5.70. The van der Waals surface area contributed by atoms with E-state index in [4.69, 9.17) is 18.9 Å². The third kappa shape index (κ3) is 58.0. The van der Waals surface area contributed by atoms with E-state index >= 15 is 0 Å². The van der Waals surface area contributed by atoms with Crippen LogP contribution in [0.15, 0.2) is 0 Å². The van der Waals surface area contributed by atoms with E-state index in [0.717, 1.165) is 173 Å². The Balaban J connectivity index is 3.97. The van der Waals surface area contributed by atoms with Gasteiger partial charge in [-0.1, -0.05) is 272 Å². The zero-order chi connectivity index (χ0) is 55.3. The molecule has 2 atom stereocenters. The van der Waals surface area contributed by atoms with Crippen LogP contribution in [0.25, 0.3) is 0 Å². The molecule has 0 aromatic carbocycles. The topological polar surface area (TPSA) is 105 Å². The Labute approximate surface area is 472 Å². The van der Waals surface area contributed by atoms with Crippen LogP contribution in [-0.2, 0) is 38.1 Å². The third-order valence-electron chi connectivity index (χ3n) is 15.7. The lowest BCUT2D eigenvalue weighted by atomic mass is 10.0. The fraction of sp³-hybridized carbons (Fsp3) is 0.941. The molecule has 0 fully saturated rings. The van der Waals surface area contributed by atoms with Crippen LogP contribution in [-0.4, -0.2) is 49.3 Å². The van der Waals surface area contributed by atoms with Gasteiger partial charge in [0, 0.05) is 25.7 Å². The van der Waals surface area contributed by atoms with Crippen molar-refractivity contribution in [2.45, 2.75) is 399 Å². The number of hydrogen-bond acceptors (Lipinski definition) is 8. The third-order valence-corrected chi connectivity index (χ3v) is 15.7. The van der Waals surface area contributed by atoms with Crippen molar-refractivity contribution in [3.05, 3.63) is 0 Å². The molecule has 76 heavy (non-hydrogen) atoms. The molecule has 0 aliphatic carbocycles. The zero-order valence-electron chi connectivity index (χ0n) is 51.4. The predicted molar refractivity (Wildman–Crippen MR) is 323 cm³/mol. The highest BCUT2D eigenvalue weighted by atomic mass is 16.6. The van der Waals surface area contributed by atoms with Gasteiger partial charge in [0.25, 0.3) is 0 Å². The minimum atomic E-state index is -0.0758. The minimum absolute atomic E-state index is 0.00346. The van der Waals surface area contributed by atoms with Gasteiger partial charge in [0.1, 0.15) is 12.2 Å². The number of carbonyl (C=O) groups excluding carboxylic acids is 4. The molecule has 8 heteroatoms. The number of ether oxygens (including phenoxy) is 4. The Hall–Kier alpha value is -2.12. The van der Waals surface area contributed by atoms with Gasteiger partial charge in [0.15, 0.2) is 0 Å². The van der Waals surface area contributed by atoms with Crippen molar-refractivity contribution in [3.63, 3.8) is 0 Å². The summed E-state index contributed by atoms with van der Waals surface area (Å²) in [4.78, 5) is 50.1. The van der Waals surface area contributed by atoms with E-state index in [2.05, 4.69) is 27.7 Å². The molecule has 0 aromatic rings. The summed E-state index contributed by atoms with van der Waals surface area (Å²) in [6.07, 6.45) is 63.1. The van der Waals surface area contributed by atoms with Crippen LogP contribution < -0.4 is 0 Å². The molecule has 450 valence electrons. The first kappa shape index (κ1) is 73.9. The quantitative estimate of drug-likeness (QED) is 0.0337. The lowest BCUT2D eigenvalue weighted by molar-refractivity contribution is -0.151. The standard InChI is InChI=1S/C68H130O8/c1-5-9-13-17-21-23-26-38-49-59-67(71)75-63(53-43-33-20-16-12-8-4)55-45-35-28-29-37-47-57-65(69)73-61-51-41-30-31-42-52-62-74-66(70)58-48-40-32-36-46-56-64(54-44-34-25-19-15-11-7-3)76-68(72)60-50-39-27-24-22-18-14-10-6-2/h63-64H,5-62H2,1-4H3. The Morgan fingerprint density at radius 1 is 0.224 bits per heavy atom. The molecule has 0 radical (unpaired) electrons. The van der Waals surface area contributed by atoms with E-state index in [0.29, 0.717) is 38.9 Å². The van der Waals surface area contributed by atoms with Crippen LogP contribution in [0.2, 0.25) is 0 Å². The Bertz CT molecular complexity index is 1220. The number of carbonyl (C=O) groups is 4. The van der Waals surface area contributed by atoms with E-state index in [1.807, 2.05) is 0 Å². The Kier molecular flexibility index (Phi) is 60.4. The van der Waals surface area contributed by atoms with Crippen molar-refractivity contribution in [2.75, 3.05) is 13.2 Å². The molecule has 0 bridgehead atoms. The van der Waals surface area contributed by atoms with Crippen LogP contribution in [0.4, 0.5) is 0 Å². The van der Waals surface area contributed by atoms with E-state index in [1.54, 1.807) is 0 Å². The molecule has 0 rings (SSSR count). The molecular formula is C68H130O8. The molecule has 0 saturated heterocycles. The molecule has 0 aromatic heterocycles. The van der Waals surface area contributed by atoms with Gasteiger partial charge in [0.05, 0.1) is 13.2 Å². The van der Waals surface area contributed by atoms with Crippen LogP contribution in [0, 0.1) is 0 Å². The highest BCUT2D eigenvalue weighted by Gasteiger charge is 2.16. The van der Waals surface area contributed by atoms with Crippen molar-refractivity contribution in [1.82, 2.24) is 0 Å². The Morgan fingerprint density at radius 2 is 0.408 bits per heavy atom. The van der Waals surface area contributed by atoms with E-state index < -0.39 is 0 Å². The maximum Gasteiger partial charge on any atom is 0.306 e. The summed E-state index contributed by atoms with van der Waals surface area (Å²) in [7, 11) is 0. The van der Waals surface area contributed by atoms with Crippen LogP contribution in [0.3, 0.4) is 0 Å². The Morgan fingerprint density at radius 3 is 0.645 bits per heavy atom.